The van der Waals surface area contributed by atoms with E-state index < -0.39 is 11.7 Å². The maximum Gasteiger partial charge on any atom is 0.416 e. The minimum absolute atomic E-state index is 0.138. The summed E-state index contributed by atoms with van der Waals surface area (Å²) < 4.78 is 43.6. The zero-order chi connectivity index (χ0) is 22.1. The molecule has 1 heterocycles. The summed E-state index contributed by atoms with van der Waals surface area (Å²) in [6.45, 7) is 8.76. The molecule has 1 saturated heterocycles. The third kappa shape index (κ3) is 4.61. The number of ether oxygens (including phenoxy) is 1. The van der Waals surface area contributed by atoms with Crippen LogP contribution in [0.25, 0.3) is 0 Å². The van der Waals surface area contributed by atoms with E-state index in [-0.39, 0.29) is 17.5 Å². The van der Waals surface area contributed by atoms with Crippen LogP contribution >= 0.6 is 0 Å². The molecule has 1 aliphatic rings. The number of carbonyl (C=O) groups excluding carboxylic acids is 1. The Hall–Kier alpha value is -2.54. The van der Waals surface area contributed by atoms with Gasteiger partial charge < -0.3 is 9.64 Å². The normalized spacial score (nSPS) is 17.8. The van der Waals surface area contributed by atoms with Crippen LogP contribution in [-0.4, -0.2) is 48.5 Å². The Morgan fingerprint density at radius 2 is 1.73 bits per heavy atom. The van der Waals surface area contributed by atoms with Crippen molar-refractivity contribution in [1.82, 2.24) is 9.80 Å². The lowest BCUT2D eigenvalue weighted by Gasteiger charge is -2.40. The number of methoxy groups -OCH3 is 1. The summed E-state index contributed by atoms with van der Waals surface area (Å²) in [5, 5.41) is 0. The monoisotopic (exact) mass is 420 g/mol. The smallest absolute Gasteiger partial charge is 0.416 e. The van der Waals surface area contributed by atoms with E-state index in [4.69, 9.17) is 4.74 Å². The van der Waals surface area contributed by atoms with Gasteiger partial charge in [0.05, 0.1) is 12.7 Å². The van der Waals surface area contributed by atoms with Crippen molar-refractivity contribution in [1.29, 1.82) is 0 Å². The molecule has 7 heteroatoms. The molecule has 162 valence electrons. The molecular formula is C23H27F3N2O2. The van der Waals surface area contributed by atoms with Gasteiger partial charge in [-0.15, -0.1) is 0 Å². The van der Waals surface area contributed by atoms with Gasteiger partial charge in [0.1, 0.15) is 5.75 Å². The number of rotatable bonds is 4. The first-order valence-electron chi connectivity index (χ1n) is 9.95. The Labute approximate surface area is 175 Å². The molecule has 0 saturated carbocycles. The quantitative estimate of drug-likeness (QED) is 0.720. The summed E-state index contributed by atoms with van der Waals surface area (Å²) in [5.41, 5.74) is 3.08. The van der Waals surface area contributed by atoms with Gasteiger partial charge in [-0.2, -0.15) is 13.2 Å². The van der Waals surface area contributed by atoms with Gasteiger partial charge >= 0.3 is 6.18 Å². The molecule has 0 aromatic heterocycles. The maximum atomic E-state index is 12.8. The van der Waals surface area contributed by atoms with Crippen LogP contribution in [0.4, 0.5) is 13.2 Å². The maximum absolute atomic E-state index is 12.8. The molecule has 30 heavy (non-hydrogen) atoms. The molecule has 1 amide bonds. The number of carbonyl (C=O) groups is 1. The van der Waals surface area contributed by atoms with Crippen LogP contribution in [0.5, 0.6) is 5.75 Å². The minimum atomic E-state index is -4.40. The second-order valence-electron chi connectivity index (χ2n) is 7.82. The second-order valence-corrected chi connectivity index (χ2v) is 7.82. The first kappa shape index (κ1) is 22.2. The Balaban J connectivity index is 1.65. The van der Waals surface area contributed by atoms with Gasteiger partial charge in [-0.05, 0) is 67.8 Å². The van der Waals surface area contributed by atoms with Crippen LogP contribution in [-0.2, 0) is 12.7 Å². The van der Waals surface area contributed by atoms with Crippen LogP contribution in [0.2, 0.25) is 0 Å². The van der Waals surface area contributed by atoms with Gasteiger partial charge in [0.25, 0.3) is 5.91 Å². The second kappa shape index (κ2) is 8.68. The molecule has 1 fully saturated rings. The van der Waals surface area contributed by atoms with E-state index in [2.05, 4.69) is 24.8 Å². The van der Waals surface area contributed by atoms with Crippen molar-refractivity contribution in [3.05, 3.63) is 64.2 Å². The molecule has 2 aromatic rings. The molecule has 0 N–H and O–H groups in total. The van der Waals surface area contributed by atoms with Crippen molar-refractivity contribution in [3.8, 4) is 5.75 Å². The van der Waals surface area contributed by atoms with E-state index in [1.165, 1.54) is 23.3 Å². The number of piperazine rings is 1. The van der Waals surface area contributed by atoms with E-state index in [0.717, 1.165) is 30.0 Å². The molecule has 3 rings (SSSR count). The average Bonchev–Trinajstić information content (AvgIpc) is 2.72. The highest BCUT2D eigenvalue weighted by Crippen LogP contribution is 2.29. The highest BCUT2D eigenvalue weighted by atomic mass is 19.4. The van der Waals surface area contributed by atoms with Crippen LogP contribution < -0.4 is 4.74 Å². The summed E-state index contributed by atoms with van der Waals surface area (Å²) in [6, 6.07) is 8.63. The fourth-order valence-electron chi connectivity index (χ4n) is 3.86. The fourth-order valence-corrected chi connectivity index (χ4v) is 3.86. The van der Waals surface area contributed by atoms with Crippen molar-refractivity contribution in [2.24, 2.45) is 0 Å². The van der Waals surface area contributed by atoms with E-state index in [9.17, 15) is 18.0 Å². The topological polar surface area (TPSA) is 32.8 Å². The van der Waals surface area contributed by atoms with Gasteiger partial charge in [0.2, 0.25) is 0 Å². The van der Waals surface area contributed by atoms with Crippen molar-refractivity contribution in [2.45, 2.75) is 39.5 Å². The highest BCUT2D eigenvalue weighted by Gasteiger charge is 2.31. The molecule has 0 spiro atoms. The Morgan fingerprint density at radius 3 is 2.30 bits per heavy atom. The van der Waals surface area contributed by atoms with E-state index >= 15 is 0 Å². The lowest BCUT2D eigenvalue weighted by Crippen LogP contribution is -2.53. The SMILES string of the molecule is COc1ccc(CN2CCN(C(=O)c3ccc(C(F)(F)F)cc3)CC2C)c(C)c1C. The molecule has 2 aromatic carbocycles. The molecule has 4 nitrogen and oxygen atoms in total. The molecule has 1 unspecified atom stereocenters. The van der Waals surface area contributed by atoms with E-state index in [1.54, 1.807) is 12.0 Å². The summed E-state index contributed by atoms with van der Waals surface area (Å²) in [4.78, 5) is 16.8. The van der Waals surface area contributed by atoms with Crippen molar-refractivity contribution in [3.63, 3.8) is 0 Å². The van der Waals surface area contributed by atoms with Crippen molar-refractivity contribution in [2.75, 3.05) is 26.7 Å². The Bertz CT molecular complexity index is 910. The first-order valence-corrected chi connectivity index (χ1v) is 9.95. The van der Waals surface area contributed by atoms with Gasteiger partial charge in [-0.1, -0.05) is 6.07 Å². The zero-order valence-electron chi connectivity index (χ0n) is 17.7. The first-order chi connectivity index (χ1) is 14.1. The van der Waals surface area contributed by atoms with E-state index in [1.807, 2.05) is 13.0 Å². The van der Waals surface area contributed by atoms with Crippen LogP contribution in [0.15, 0.2) is 36.4 Å². The van der Waals surface area contributed by atoms with Gasteiger partial charge in [0, 0.05) is 37.8 Å². The van der Waals surface area contributed by atoms with Gasteiger partial charge in [0.15, 0.2) is 0 Å². The van der Waals surface area contributed by atoms with Crippen LogP contribution in [0.3, 0.4) is 0 Å². The molecule has 0 radical (unpaired) electrons. The predicted octanol–water partition coefficient (Wildman–Crippen LogP) is 4.68. The highest BCUT2D eigenvalue weighted by molar-refractivity contribution is 5.94. The van der Waals surface area contributed by atoms with Crippen molar-refractivity contribution >= 4 is 5.91 Å². The van der Waals surface area contributed by atoms with Crippen molar-refractivity contribution < 1.29 is 22.7 Å². The van der Waals surface area contributed by atoms with Crippen LogP contribution in [0, 0.1) is 13.8 Å². The number of halogens is 3. The third-order valence-electron chi connectivity index (χ3n) is 5.95. The number of hydrogen-bond donors (Lipinski definition) is 0. The molecule has 1 aliphatic heterocycles. The predicted molar refractivity (Wildman–Crippen MR) is 110 cm³/mol. The molecule has 1 atom stereocenters. The average molecular weight is 420 g/mol. The van der Waals surface area contributed by atoms with Gasteiger partial charge in [-0.3, -0.25) is 9.69 Å². The summed E-state index contributed by atoms with van der Waals surface area (Å²) in [7, 11) is 1.66. The number of amides is 1. The third-order valence-corrected chi connectivity index (χ3v) is 5.95. The Kier molecular flexibility index (Phi) is 6.41. The lowest BCUT2D eigenvalue weighted by atomic mass is 10.0. The van der Waals surface area contributed by atoms with Gasteiger partial charge in [-0.25, -0.2) is 0 Å². The van der Waals surface area contributed by atoms with E-state index in [0.29, 0.717) is 19.6 Å². The Morgan fingerprint density at radius 1 is 1.07 bits per heavy atom. The minimum Gasteiger partial charge on any atom is -0.496 e. The summed E-state index contributed by atoms with van der Waals surface area (Å²) in [5.74, 6) is 0.642. The number of hydrogen-bond acceptors (Lipinski definition) is 3. The van der Waals surface area contributed by atoms with Crippen LogP contribution in [0.1, 0.15) is 39.5 Å². The lowest BCUT2D eigenvalue weighted by molar-refractivity contribution is -0.137. The standard InChI is InChI=1S/C23H27F3N2O2/c1-15-13-28(22(29)18-5-8-20(9-6-18)23(24,25)26)12-11-27(15)14-19-7-10-21(30-4)17(3)16(19)2/h5-10,15H,11-14H2,1-4H3. The number of alkyl halides is 3. The zero-order valence-corrected chi connectivity index (χ0v) is 17.7. The molecular weight excluding hydrogens is 393 g/mol. The summed E-state index contributed by atoms with van der Waals surface area (Å²) in [6.07, 6.45) is -4.40. The molecule has 0 bridgehead atoms. The summed E-state index contributed by atoms with van der Waals surface area (Å²) >= 11 is 0. The largest absolute Gasteiger partial charge is 0.496 e. The number of nitrogens with zero attached hydrogens (tertiary/aromatic N) is 2. The number of benzene rings is 2. The molecule has 0 aliphatic carbocycles. The fraction of sp³-hybridized carbons (Fsp3) is 0.435.